The number of rotatable bonds is 5. The summed E-state index contributed by atoms with van der Waals surface area (Å²) in [5.74, 6) is 0.805. The number of phenolic OH excluding ortho intramolecular Hbond substituents is 1. The van der Waals surface area contributed by atoms with E-state index in [1.165, 1.54) is 0 Å². The molecular weight excluding hydrogens is 349 g/mol. The van der Waals surface area contributed by atoms with Gasteiger partial charge >= 0.3 is 0 Å². The molecule has 0 heterocycles. The molecule has 3 rings (SSSR count). The monoisotopic (exact) mass is 367 g/mol. The van der Waals surface area contributed by atoms with Crippen LogP contribution in [0.5, 0.6) is 11.5 Å². The SMILES string of the molecule is COc1ccc(O)c(/C=N/P(=S)(c2ccccc2)c2ccccc2)c1. The molecule has 0 atom stereocenters. The molecule has 0 aliphatic rings. The highest BCUT2D eigenvalue weighted by Crippen LogP contribution is 2.45. The predicted octanol–water partition coefficient (Wildman–Crippen LogP) is 3.87. The fourth-order valence-electron chi connectivity index (χ4n) is 2.45. The Morgan fingerprint density at radius 2 is 1.48 bits per heavy atom. The summed E-state index contributed by atoms with van der Waals surface area (Å²) >= 11 is 6.04. The molecule has 0 unspecified atom stereocenters. The Morgan fingerprint density at radius 1 is 0.920 bits per heavy atom. The molecule has 0 aromatic heterocycles. The van der Waals surface area contributed by atoms with E-state index in [0.29, 0.717) is 11.3 Å². The molecule has 0 spiro atoms. The van der Waals surface area contributed by atoms with E-state index in [9.17, 15) is 5.11 Å². The van der Waals surface area contributed by atoms with Gasteiger partial charge in [0.15, 0.2) is 0 Å². The Morgan fingerprint density at radius 3 is 2.00 bits per heavy atom. The van der Waals surface area contributed by atoms with Crippen LogP contribution in [0.1, 0.15) is 5.56 Å². The summed E-state index contributed by atoms with van der Waals surface area (Å²) in [6.45, 7) is 0. The molecule has 5 heteroatoms. The van der Waals surface area contributed by atoms with Crippen molar-refractivity contribution in [3.63, 3.8) is 0 Å². The maximum absolute atomic E-state index is 10.1. The number of nitrogens with zero attached hydrogens (tertiary/aromatic N) is 1. The molecule has 0 saturated carbocycles. The highest BCUT2D eigenvalue weighted by molar-refractivity contribution is 8.21. The Labute approximate surface area is 152 Å². The second-order valence-corrected chi connectivity index (χ2v) is 9.42. The molecule has 0 amide bonds. The van der Waals surface area contributed by atoms with Crippen LogP contribution in [0.15, 0.2) is 83.6 Å². The summed E-state index contributed by atoms with van der Waals surface area (Å²) < 4.78 is 10.0. The lowest BCUT2D eigenvalue weighted by Gasteiger charge is -2.18. The van der Waals surface area contributed by atoms with Gasteiger partial charge in [-0.25, -0.2) is 0 Å². The maximum atomic E-state index is 10.1. The van der Waals surface area contributed by atoms with Crippen LogP contribution >= 0.6 is 6.19 Å². The lowest BCUT2D eigenvalue weighted by atomic mass is 10.2. The molecule has 3 nitrogen and oxygen atoms in total. The molecule has 0 saturated heterocycles. The van der Waals surface area contributed by atoms with E-state index in [1.807, 2.05) is 60.7 Å². The average molecular weight is 367 g/mol. The van der Waals surface area contributed by atoms with Crippen LogP contribution in [-0.2, 0) is 11.8 Å². The fraction of sp³-hybridized carbons (Fsp3) is 0.0500. The third kappa shape index (κ3) is 3.81. The van der Waals surface area contributed by atoms with Gasteiger partial charge in [-0.3, -0.25) is 4.76 Å². The third-order valence-corrected chi connectivity index (χ3v) is 7.79. The molecule has 0 aliphatic heterocycles. The first-order valence-corrected chi connectivity index (χ1v) is 10.5. The van der Waals surface area contributed by atoms with Crippen LogP contribution in [0.3, 0.4) is 0 Å². The number of aromatic hydroxyl groups is 1. The number of hydrogen-bond acceptors (Lipinski definition) is 3. The topological polar surface area (TPSA) is 41.8 Å². The van der Waals surface area contributed by atoms with Crippen molar-refractivity contribution in [1.29, 1.82) is 0 Å². The van der Waals surface area contributed by atoms with E-state index in [1.54, 1.807) is 31.5 Å². The van der Waals surface area contributed by atoms with Gasteiger partial charge in [0, 0.05) is 22.4 Å². The molecule has 25 heavy (non-hydrogen) atoms. The van der Waals surface area contributed by atoms with Crippen molar-refractivity contribution >= 4 is 34.8 Å². The molecule has 3 aromatic rings. The lowest BCUT2D eigenvalue weighted by molar-refractivity contribution is 0.412. The number of ether oxygens (including phenoxy) is 1. The zero-order valence-corrected chi connectivity index (χ0v) is 15.5. The standard InChI is InChI=1S/C20H18NO2PS/c1-23-17-12-13-20(22)16(14-17)15-21-24(25,18-8-4-2-5-9-18)19-10-6-3-7-11-19/h2-15,22H,1H3/b21-15+. The molecule has 1 N–H and O–H groups in total. The van der Waals surface area contributed by atoms with Gasteiger partial charge < -0.3 is 9.84 Å². The minimum atomic E-state index is -2.38. The number of benzene rings is 3. The van der Waals surface area contributed by atoms with Crippen LogP contribution < -0.4 is 15.3 Å². The molecule has 0 fully saturated rings. The fourth-order valence-corrected chi connectivity index (χ4v) is 5.33. The first-order chi connectivity index (χ1) is 12.1. The summed E-state index contributed by atoms with van der Waals surface area (Å²) in [6, 6.07) is 24.9. The predicted molar refractivity (Wildman–Crippen MR) is 109 cm³/mol. The van der Waals surface area contributed by atoms with E-state index in [4.69, 9.17) is 21.3 Å². The number of hydrogen-bond donors (Lipinski definition) is 1. The first-order valence-electron chi connectivity index (χ1n) is 7.77. The van der Waals surface area contributed by atoms with Gasteiger partial charge in [0.2, 0.25) is 0 Å². The summed E-state index contributed by atoms with van der Waals surface area (Å²) in [5, 5.41) is 12.1. The first kappa shape index (κ1) is 17.4. The Kier molecular flexibility index (Phi) is 5.32. The van der Waals surface area contributed by atoms with E-state index >= 15 is 0 Å². The molecule has 0 bridgehead atoms. The van der Waals surface area contributed by atoms with Crippen molar-refractivity contribution in [2.24, 2.45) is 4.76 Å². The number of methoxy groups -OCH3 is 1. The van der Waals surface area contributed by atoms with E-state index in [0.717, 1.165) is 10.6 Å². The largest absolute Gasteiger partial charge is 0.507 e. The summed E-state index contributed by atoms with van der Waals surface area (Å²) in [4.78, 5) is 0. The van der Waals surface area contributed by atoms with Crippen LogP contribution in [0.4, 0.5) is 0 Å². The lowest BCUT2D eigenvalue weighted by Crippen LogP contribution is -2.14. The van der Waals surface area contributed by atoms with Crippen molar-refractivity contribution in [2.75, 3.05) is 7.11 Å². The van der Waals surface area contributed by atoms with Gasteiger partial charge in [-0.15, -0.1) is 0 Å². The van der Waals surface area contributed by atoms with Gasteiger partial charge in [0.1, 0.15) is 17.7 Å². The van der Waals surface area contributed by atoms with Crippen molar-refractivity contribution in [1.82, 2.24) is 0 Å². The molecule has 0 aliphatic carbocycles. The smallest absolute Gasteiger partial charge is 0.124 e. The quantitative estimate of drug-likeness (QED) is 0.550. The minimum Gasteiger partial charge on any atom is -0.507 e. The number of phenols is 1. The van der Waals surface area contributed by atoms with Crippen LogP contribution in [0, 0.1) is 0 Å². The van der Waals surface area contributed by atoms with Gasteiger partial charge in [-0.05, 0) is 18.2 Å². The normalized spacial score (nSPS) is 11.6. The summed E-state index contributed by atoms with van der Waals surface area (Å²) in [7, 11) is 1.59. The zero-order valence-electron chi connectivity index (χ0n) is 13.7. The van der Waals surface area contributed by atoms with E-state index in [-0.39, 0.29) is 5.75 Å². The van der Waals surface area contributed by atoms with Crippen LogP contribution in [-0.4, -0.2) is 18.4 Å². The van der Waals surface area contributed by atoms with Gasteiger partial charge in [-0.1, -0.05) is 72.5 Å². The van der Waals surface area contributed by atoms with Gasteiger partial charge in [-0.2, -0.15) is 0 Å². The van der Waals surface area contributed by atoms with Crippen molar-refractivity contribution in [2.45, 2.75) is 0 Å². The van der Waals surface area contributed by atoms with Gasteiger partial charge in [0.25, 0.3) is 0 Å². The maximum Gasteiger partial charge on any atom is 0.124 e. The highest BCUT2D eigenvalue weighted by atomic mass is 32.4. The molecule has 0 radical (unpaired) electrons. The van der Waals surface area contributed by atoms with Gasteiger partial charge in [0.05, 0.1) is 7.11 Å². The third-order valence-electron chi connectivity index (χ3n) is 3.81. The highest BCUT2D eigenvalue weighted by Gasteiger charge is 2.20. The average Bonchev–Trinajstić information content (AvgIpc) is 2.68. The summed E-state index contributed by atoms with van der Waals surface area (Å²) in [6.07, 6.45) is -0.731. The molecule has 3 aromatic carbocycles. The molecule has 126 valence electrons. The zero-order chi connectivity index (χ0) is 17.7. The van der Waals surface area contributed by atoms with E-state index < -0.39 is 6.19 Å². The Balaban J connectivity index is 2.10. The van der Waals surface area contributed by atoms with E-state index in [2.05, 4.69) is 0 Å². The second-order valence-electron chi connectivity index (χ2n) is 5.42. The van der Waals surface area contributed by atoms with Crippen molar-refractivity contribution in [3.8, 4) is 11.5 Å². The van der Waals surface area contributed by atoms with Crippen LogP contribution in [0.2, 0.25) is 0 Å². The summed E-state index contributed by atoms with van der Waals surface area (Å²) in [5.41, 5.74) is 0.584. The Bertz CT molecular complexity index is 883. The van der Waals surface area contributed by atoms with Crippen molar-refractivity contribution < 1.29 is 9.84 Å². The second kappa shape index (κ2) is 7.64. The van der Waals surface area contributed by atoms with Crippen LogP contribution in [0.25, 0.3) is 0 Å². The molecular formula is C20H18NO2PS. The minimum absolute atomic E-state index is 0.146. The Hall–Kier alpha value is -2.42. The van der Waals surface area contributed by atoms with Crippen molar-refractivity contribution in [3.05, 3.63) is 84.4 Å².